The molecule has 0 fully saturated rings. The molecule has 176 valence electrons. The predicted octanol–water partition coefficient (Wildman–Crippen LogP) is 6.72. The molecule has 2 N–H and O–H groups in total. The lowest BCUT2D eigenvalue weighted by Gasteiger charge is -2.30. The molecule has 32 heavy (non-hydrogen) atoms. The van der Waals surface area contributed by atoms with E-state index in [0.717, 1.165) is 17.7 Å². The molecule has 1 amide bonds. The molecule has 0 aliphatic rings. The number of alkyl halides is 3. The van der Waals surface area contributed by atoms with Crippen molar-refractivity contribution in [2.45, 2.75) is 67.6 Å². The van der Waals surface area contributed by atoms with Crippen LogP contribution in [0.2, 0.25) is 5.02 Å². The zero-order valence-electron chi connectivity index (χ0n) is 18.3. The molecule has 0 aromatic heterocycles. The van der Waals surface area contributed by atoms with Gasteiger partial charge in [-0.1, -0.05) is 35.5 Å². The fraction of sp³-hybridized carbons (Fsp3) is 0.435. The highest BCUT2D eigenvalue weighted by Crippen LogP contribution is 2.36. The Hall–Kier alpha value is -1.90. The molecule has 2 aromatic rings. The molecular weight excluding hydrogens is 463 g/mol. The van der Waals surface area contributed by atoms with Gasteiger partial charge in [-0.2, -0.15) is 13.2 Å². The van der Waals surface area contributed by atoms with Crippen LogP contribution in [0.15, 0.2) is 52.3 Å². The summed E-state index contributed by atoms with van der Waals surface area (Å²) in [5.41, 5.74) is -1.47. The normalized spacial score (nSPS) is 14.0. The molecular formula is C23H27ClF3NO3S. The largest absolute Gasteiger partial charge is 0.444 e. The fourth-order valence-electron chi connectivity index (χ4n) is 2.81. The molecule has 2 rings (SSSR count). The lowest BCUT2D eigenvalue weighted by atomic mass is 9.94. The summed E-state index contributed by atoms with van der Waals surface area (Å²) >= 11 is 7.58. The highest BCUT2D eigenvalue weighted by Gasteiger charge is 2.30. The standard InChI is InChI=1S/C23H27ClF3NO3S/c1-21(2,3)31-20(30)28-22(4,14-29)11-10-15-8-9-18(13-19(15)24)32-17-7-5-6-16(12-17)23(25,26)27/h5-9,12-13,29H,10-11,14H2,1-4H3,(H,28,30)/t22-/m1/s1. The van der Waals surface area contributed by atoms with Crippen molar-refractivity contribution in [1.29, 1.82) is 0 Å². The van der Waals surface area contributed by atoms with Gasteiger partial charge in [0.05, 0.1) is 17.7 Å². The summed E-state index contributed by atoms with van der Waals surface area (Å²) < 4.78 is 44.0. The second-order valence-corrected chi connectivity index (χ2v) is 10.3. The van der Waals surface area contributed by atoms with E-state index in [1.165, 1.54) is 17.8 Å². The van der Waals surface area contributed by atoms with Crippen LogP contribution in [-0.4, -0.2) is 28.9 Å². The van der Waals surface area contributed by atoms with Crippen molar-refractivity contribution >= 4 is 29.5 Å². The van der Waals surface area contributed by atoms with Gasteiger partial charge >= 0.3 is 12.3 Å². The van der Waals surface area contributed by atoms with E-state index in [9.17, 15) is 23.1 Å². The number of aliphatic hydroxyl groups is 1. The first-order chi connectivity index (χ1) is 14.7. The minimum Gasteiger partial charge on any atom is -0.444 e. The van der Waals surface area contributed by atoms with Crippen LogP contribution >= 0.6 is 23.4 Å². The molecule has 0 bridgehead atoms. The first kappa shape index (κ1) is 26.4. The Morgan fingerprint density at radius 3 is 2.31 bits per heavy atom. The van der Waals surface area contributed by atoms with Crippen LogP contribution in [0.1, 0.15) is 45.2 Å². The van der Waals surface area contributed by atoms with Gasteiger partial charge in [-0.05, 0) is 76.4 Å². The summed E-state index contributed by atoms with van der Waals surface area (Å²) in [7, 11) is 0. The van der Waals surface area contributed by atoms with E-state index in [1.54, 1.807) is 52.0 Å². The third-order valence-corrected chi connectivity index (χ3v) is 5.85. The maximum Gasteiger partial charge on any atom is 0.416 e. The van der Waals surface area contributed by atoms with Gasteiger partial charge in [-0.3, -0.25) is 0 Å². The van der Waals surface area contributed by atoms with E-state index >= 15 is 0 Å². The Balaban J connectivity index is 2.05. The van der Waals surface area contributed by atoms with Crippen molar-refractivity contribution in [2.24, 2.45) is 0 Å². The van der Waals surface area contributed by atoms with E-state index < -0.39 is 29.0 Å². The Bertz CT molecular complexity index is 947. The maximum absolute atomic E-state index is 12.9. The smallest absolute Gasteiger partial charge is 0.416 e. The number of amides is 1. The number of aliphatic hydroxyl groups excluding tert-OH is 1. The summed E-state index contributed by atoms with van der Waals surface area (Å²) in [4.78, 5) is 13.2. The van der Waals surface area contributed by atoms with Crippen molar-refractivity contribution in [1.82, 2.24) is 5.32 Å². The topological polar surface area (TPSA) is 58.6 Å². The van der Waals surface area contributed by atoms with Crippen LogP contribution in [0.5, 0.6) is 0 Å². The van der Waals surface area contributed by atoms with E-state index in [2.05, 4.69) is 5.32 Å². The van der Waals surface area contributed by atoms with Gasteiger partial charge in [-0.25, -0.2) is 4.79 Å². The third kappa shape index (κ3) is 8.22. The third-order valence-electron chi connectivity index (χ3n) is 4.52. The molecule has 9 heteroatoms. The summed E-state index contributed by atoms with van der Waals surface area (Å²) in [6.07, 6.45) is -4.14. The van der Waals surface area contributed by atoms with Gasteiger partial charge in [0, 0.05) is 14.8 Å². The maximum atomic E-state index is 12.9. The molecule has 0 saturated carbocycles. The zero-order valence-corrected chi connectivity index (χ0v) is 19.9. The summed E-state index contributed by atoms with van der Waals surface area (Å²) in [5, 5.41) is 12.9. The van der Waals surface area contributed by atoms with Crippen LogP contribution < -0.4 is 5.32 Å². The summed E-state index contributed by atoms with van der Waals surface area (Å²) in [6.45, 7) is 6.68. The van der Waals surface area contributed by atoms with Gasteiger partial charge in [0.1, 0.15) is 5.60 Å². The fourth-order valence-corrected chi connectivity index (χ4v) is 4.07. The quantitative estimate of drug-likeness (QED) is 0.453. The minimum atomic E-state index is -4.40. The van der Waals surface area contributed by atoms with Crippen molar-refractivity contribution in [3.05, 3.63) is 58.6 Å². The number of rotatable bonds is 7. The number of nitrogens with one attached hydrogen (secondary N) is 1. The van der Waals surface area contributed by atoms with E-state index in [0.29, 0.717) is 27.7 Å². The lowest BCUT2D eigenvalue weighted by molar-refractivity contribution is -0.137. The zero-order chi connectivity index (χ0) is 24.2. The number of halogens is 4. The molecule has 0 saturated heterocycles. The lowest BCUT2D eigenvalue weighted by Crippen LogP contribution is -2.50. The number of hydrogen-bond acceptors (Lipinski definition) is 4. The number of aryl methyl sites for hydroxylation is 1. The number of benzene rings is 2. The molecule has 0 aliphatic heterocycles. The minimum absolute atomic E-state index is 0.284. The van der Waals surface area contributed by atoms with Gasteiger partial charge in [-0.15, -0.1) is 0 Å². The highest BCUT2D eigenvalue weighted by atomic mass is 35.5. The van der Waals surface area contributed by atoms with Gasteiger partial charge < -0.3 is 15.2 Å². The Labute approximate surface area is 195 Å². The van der Waals surface area contributed by atoms with E-state index in [4.69, 9.17) is 16.3 Å². The molecule has 0 radical (unpaired) electrons. The van der Waals surface area contributed by atoms with Crippen LogP contribution in [0.4, 0.5) is 18.0 Å². The number of alkyl carbamates (subject to hydrolysis) is 1. The summed E-state index contributed by atoms with van der Waals surface area (Å²) in [6, 6.07) is 10.4. The molecule has 0 spiro atoms. The van der Waals surface area contributed by atoms with Gasteiger partial charge in [0.15, 0.2) is 0 Å². The summed E-state index contributed by atoms with van der Waals surface area (Å²) in [5.74, 6) is 0. The van der Waals surface area contributed by atoms with Crippen LogP contribution in [0.3, 0.4) is 0 Å². The van der Waals surface area contributed by atoms with Crippen molar-refractivity contribution in [3.8, 4) is 0 Å². The highest BCUT2D eigenvalue weighted by molar-refractivity contribution is 7.99. The Kier molecular flexibility index (Phi) is 8.53. The second kappa shape index (κ2) is 10.4. The average molecular weight is 490 g/mol. The van der Waals surface area contributed by atoms with Crippen molar-refractivity contribution < 1.29 is 27.8 Å². The molecule has 0 aliphatic carbocycles. The van der Waals surface area contributed by atoms with Gasteiger partial charge in [0.2, 0.25) is 0 Å². The SMILES string of the molecule is CC(C)(C)OC(=O)N[C@@](C)(CO)CCc1ccc(Sc2cccc(C(F)(F)F)c2)cc1Cl. The first-order valence-corrected chi connectivity index (χ1v) is 11.2. The number of ether oxygens (including phenoxy) is 1. The Morgan fingerprint density at radius 1 is 1.09 bits per heavy atom. The molecule has 1 atom stereocenters. The monoisotopic (exact) mass is 489 g/mol. The number of hydrogen-bond donors (Lipinski definition) is 2. The van der Waals surface area contributed by atoms with E-state index in [1.807, 2.05) is 0 Å². The van der Waals surface area contributed by atoms with Crippen molar-refractivity contribution in [3.63, 3.8) is 0 Å². The Morgan fingerprint density at radius 2 is 1.75 bits per heavy atom. The molecule has 4 nitrogen and oxygen atoms in total. The van der Waals surface area contributed by atoms with Gasteiger partial charge in [0.25, 0.3) is 0 Å². The van der Waals surface area contributed by atoms with Crippen LogP contribution in [-0.2, 0) is 17.3 Å². The molecule has 0 unspecified atom stereocenters. The number of carbonyl (C=O) groups is 1. The van der Waals surface area contributed by atoms with Crippen molar-refractivity contribution in [2.75, 3.05) is 6.61 Å². The predicted molar refractivity (Wildman–Crippen MR) is 120 cm³/mol. The average Bonchev–Trinajstić information content (AvgIpc) is 2.65. The van der Waals surface area contributed by atoms with E-state index in [-0.39, 0.29) is 6.61 Å². The molecule has 0 heterocycles. The molecule has 2 aromatic carbocycles. The van der Waals surface area contributed by atoms with Crippen LogP contribution in [0, 0.1) is 0 Å². The second-order valence-electron chi connectivity index (χ2n) is 8.73. The van der Waals surface area contributed by atoms with Crippen LogP contribution in [0.25, 0.3) is 0 Å². The number of carbonyl (C=O) groups excluding carboxylic acids is 1. The first-order valence-electron chi connectivity index (χ1n) is 9.96.